The van der Waals surface area contributed by atoms with E-state index in [4.69, 9.17) is 0 Å². The lowest BCUT2D eigenvalue weighted by Gasteiger charge is -2.05. The summed E-state index contributed by atoms with van der Waals surface area (Å²) in [6.45, 7) is 4.26. The van der Waals surface area contributed by atoms with Gasteiger partial charge in [-0.05, 0) is 19.3 Å². The highest BCUT2D eigenvalue weighted by molar-refractivity contribution is 5.02. The summed E-state index contributed by atoms with van der Waals surface area (Å²) in [5.41, 5.74) is 0. The van der Waals surface area contributed by atoms with Gasteiger partial charge in [0, 0.05) is 0 Å². The molecule has 0 radical (unpaired) electrons. The zero-order chi connectivity index (χ0) is 9.94. The first-order valence-corrected chi connectivity index (χ1v) is 5.31. The molecule has 0 rings (SSSR count). The van der Waals surface area contributed by atoms with E-state index in [1.165, 1.54) is 0 Å². The van der Waals surface area contributed by atoms with E-state index >= 15 is 0 Å². The lowest BCUT2D eigenvalue weighted by molar-refractivity contribution is 0.164. The molecule has 0 amide bonds. The van der Waals surface area contributed by atoms with Crippen molar-refractivity contribution in [1.82, 2.24) is 0 Å². The summed E-state index contributed by atoms with van der Waals surface area (Å²) < 4.78 is 0. The molecule has 1 nitrogen and oxygen atoms in total. The second-order valence-corrected chi connectivity index (χ2v) is 3.30. The van der Waals surface area contributed by atoms with Crippen molar-refractivity contribution < 1.29 is 5.11 Å². The molecule has 0 fully saturated rings. The maximum Gasteiger partial charge on any atom is 0.0574 e. The van der Waals surface area contributed by atoms with Crippen LogP contribution < -0.4 is 0 Å². The first kappa shape index (κ1) is 12.4. The Morgan fingerprint density at radius 2 is 1.85 bits per heavy atom. The van der Waals surface area contributed by atoms with E-state index in [2.05, 4.69) is 19.9 Å². The van der Waals surface area contributed by atoms with E-state index in [0.717, 1.165) is 32.1 Å². The van der Waals surface area contributed by atoms with Crippen LogP contribution >= 0.6 is 0 Å². The number of unbranched alkanes of at least 4 members (excludes halogenated alkanes) is 1. The van der Waals surface area contributed by atoms with Crippen LogP contribution in [-0.4, -0.2) is 11.2 Å². The van der Waals surface area contributed by atoms with E-state index in [1.54, 1.807) is 0 Å². The van der Waals surface area contributed by atoms with Gasteiger partial charge < -0.3 is 5.11 Å². The van der Waals surface area contributed by atoms with E-state index in [9.17, 15) is 5.11 Å². The number of hydrogen-bond acceptors (Lipinski definition) is 1. The Kier molecular flexibility index (Phi) is 9.12. The highest BCUT2D eigenvalue weighted by Gasteiger charge is 1.98. The molecule has 0 aliphatic carbocycles. The molecule has 0 aromatic carbocycles. The van der Waals surface area contributed by atoms with Gasteiger partial charge in [-0.15, -0.1) is 0 Å². The van der Waals surface area contributed by atoms with Gasteiger partial charge in [-0.1, -0.05) is 51.0 Å². The highest BCUT2D eigenvalue weighted by Crippen LogP contribution is 2.04. The van der Waals surface area contributed by atoms with Crippen LogP contribution in [-0.2, 0) is 0 Å². The first-order valence-electron chi connectivity index (χ1n) is 5.31. The molecule has 0 aromatic rings. The second-order valence-electron chi connectivity index (χ2n) is 3.30. The molecule has 0 bridgehead atoms. The van der Waals surface area contributed by atoms with Gasteiger partial charge in [0.2, 0.25) is 0 Å². The fourth-order valence-electron chi connectivity index (χ4n) is 1.09. The van der Waals surface area contributed by atoms with Crippen LogP contribution in [0.4, 0.5) is 0 Å². The molecule has 13 heavy (non-hydrogen) atoms. The third-order valence-electron chi connectivity index (χ3n) is 1.92. The van der Waals surface area contributed by atoms with Crippen molar-refractivity contribution >= 4 is 0 Å². The summed E-state index contributed by atoms with van der Waals surface area (Å²) in [7, 11) is 0. The number of aliphatic hydroxyl groups is 1. The van der Waals surface area contributed by atoms with Crippen molar-refractivity contribution in [2.75, 3.05) is 0 Å². The van der Waals surface area contributed by atoms with Crippen LogP contribution in [0.25, 0.3) is 0 Å². The average molecular weight is 182 g/mol. The van der Waals surface area contributed by atoms with E-state index in [-0.39, 0.29) is 6.10 Å². The quantitative estimate of drug-likeness (QED) is 0.598. The zero-order valence-corrected chi connectivity index (χ0v) is 8.87. The third-order valence-corrected chi connectivity index (χ3v) is 1.92. The van der Waals surface area contributed by atoms with Gasteiger partial charge >= 0.3 is 0 Å². The SMILES string of the molecule is CCC=CC=CCC(O)CCCC. The van der Waals surface area contributed by atoms with Crippen molar-refractivity contribution in [1.29, 1.82) is 0 Å². The van der Waals surface area contributed by atoms with E-state index in [1.807, 2.05) is 18.2 Å². The molecular weight excluding hydrogens is 160 g/mol. The van der Waals surface area contributed by atoms with Gasteiger partial charge in [0.15, 0.2) is 0 Å². The maximum atomic E-state index is 9.46. The summed E-state index contributed by atoms with van der Waals surface area (Å²) in [5.74, 6) is 0. The normalized spacial score (nSPS) is 14.4. The number of aliphatic hydroxyl groups excluding tert-OH is 1. The van der Waals surface area contributed by atoms with Crippen LogP contribution in [0.15, 0.2) is 24.3 Å². The van der Waals surface area contributed by atoms with Gasteiger partial charge in [-0.2, -0.15) is 0 Å². The smallest absolute Gasteiger partial charge is 0.0574 e. The molecule has 0 aromatic heterocycles. The maximum absolute atomic E-state index is 9.46. The monoisotopic (exact) mass is 182 g/mol. The standard InChI is InChI=1S/C12H22O/c1-3-5-7-8-9-11-12(13)10-6-4-2/h5,7-9,12-13H,3-4,6,10-11H2,1-2H3. The fraction of sp³-hybridized carbons (Fsp3) is 0.667. The van der Waals surface area contributed by atoms with Gasteiger partial charge in [0.05, 0.1) is 6.10 Å². The van der Waals surface area contributed by atoms with Crippen LogP contribution in [0.5, 0.6) is 0 Å². The molecule has 1 unspecified atom stereocenters. The Morgan fingerprint density at radius 3 is 2.46 bits per heavy atom. The molecule has 1 atom stereocenters. The Bertz CT molecular complexity index is 147. The Morgan fingerprint density at radius 1 is 1.15 bits per heavy atom. The first-order chi connectivity index (χ1) is 6.31. The molecule has 0 saturated carbocycles. The molecular formula is C12H22O. The van der Waals surface area contributed by atoms with E-state index < -0.39 is 0 Å². The van der Waals surface area contributed by atoms with Crippen LogP contribution in [0.3, 0.4) is 0 Å². The fourth-order valence-corrected chi connectivity index (χ4v) is 1.09. The van der Waals surface area contributed by atoms with Gasteiger partial charge in [0.1, 0.15) is 0 Å². The largest absolute Gasteiger partial charge is 0.393 e. The number of rotatable bonds is 7. The molecule has 0 spiro atoms. The van der Waals surface area contributed by atoms with Crippen molar-refractivity contribution in [3.05, 3.63) is 24.3 Å². The predicted octanol–water partition coefficient (Wildman–Crippen LogP) is 3.45. The van der Waals surface area contributed by atoms with Crippen molar-refractivity contribution in [3.8, 4) is 0 Å². The highest BCUT2D eigenvalue weighted by atomic mass is 16.3. The summed E-state index contributed by atoms with van der Waals surface area (Å²) in [6, 6.07) is 0. The van der Waals surface area contributed by atoms with Crippen molar-refractivity contribution in [2.24, 2.45) is 0 Å². The lowest BCUT2D eigenvalue weighted by atomic mass is 10.1. The second kappa shape index (κ2) is 9.53. The predicted molar refractivity (Wildman–Crippen MR) is 58.7 cm³/mol. The Labute approximate surface area is 82.2 Å². The Hall–Kier alpha value is -0.560. The van der Waals surface area contributed by atoms with Crippen LogP contribution in [0.1, 0.15) is 46.0 Å². The zero-order valence-electron chi connectivity index (χ0n) is 8.87. The molecule has 0 aliphatic heterocycles. The minimum Gasteiger partial charge on any atom is -0.393 e. The average Bonchev–Trinajstić information content (AvgIpc) is 2.14. The Balaban J connectivity index is 3.39. The van der Waals surface area contributed by atoms with Gasteiger partial charge in [-0.25, -0.2) is 0 Å². The lowest BCUT2D eigenvalue weighted by Crippen LogP contribution is -2.03. The van der Waals surface area contributed by atoms with Gasteiger partial charge in [-0.3, -0.25) is 0 Å². The molecule has 0 saturated heterocycles. The number of hydrogen-bond donors (Lipinski definition) is 1. The topological polar surface area (TPSA) is 20.2 Å². The molecule has 1 N–H and O–H groups in total. The van der Waals surface area contributed by atoms with Crippen molar-refractivity contribution in [2.45, 2.75) is 52.1 Å². The third kappa shape index (κ3) is 9.35. The van der Waals surface area contributed by atoms with Crippen LogP contribution in [0.2, 0.25) is 0 Å². The van der Waals surface area contributed by atoms with E-state index in [0.29, 0.717) is 0 Å². The molecule has 1 heteroatoms. The number of allylic oxidation sites excluding steroid dienone is 3. The van der Waals surface area contributed by atoms with Crippen LogP contribution in [0, 0.1) is 0 Å². The molecule has 76 valence electrons. The van der Waals surface area contributed by atoms with Gasteiger partial charge in [0.25, 0.3) is 0 Å². The summed E-state index contributed by atoms with van der Waals surface area (Å²) >= 11 is 0. The molecule has 0 heterocycles. The minimum absolute atomic E-state index is 0.147. The van der Waals surface area contributed by atoms with Crippen molar-refractivity contribution in [3.63, 3.8) is 0 Å². The molecule has 0 aliphatic rings. The summed E-state index contributed by atoms with van der Waals surface area (Å²) in [5, 5.41) is 9.46. The minimum atomic E-state index is -0.147. The summed E-state index contributed by atoms with van der Waals surface area (Å²) in [4.78, 5) is 0. The summed E-state index contributed by atoms with van der Waals surface area (Å²) in [6.07, 6.45) is 13.1.